The topological polar surface area (TPSA) is 100 Å². The first kappa shape index (κ1) is 30.2. The lowest BCUT2D eigenvalue weighted by Gasteiger charge is -2.28. The highest BCUT2D eigenvalue weighted by Gasteiger charge is 2.36. The number of likely N-dealkylation sites (N-methyl/N-ethyl adjacent to an activating group) is 1. The highest BCUT2D eigenvalue weighted by Crippen LogP contribution is 2.28. The Morgan fingerprint density at radius 2 is 1.57 bits per heavy atom. The van der Waals surface area contributed by atoms with Gasteiger partial charge in [-0.1, -0.05) is 12.1 Å². The lowest BCUT2D eigenvalue weighted by Crippen LogP contribution is -2.58. The van der Waals surface area contributed by atoms with Crippen molar-refractivity contribution >= 4 is 29.1 Å². The van der Waals surface area contributed by atoms with Crippen molar-refractivity contribution in [2.75, 3.05) is 11.9 Å². The highest BCUT2D eigenvalue weighted by molar-refractivity contribution is 6.14. The van der Waals surface area contributed by atoms with Crippen molar-refractivity contribution in [1.82, 2.24) is 10.6 Å². The van der Waals surface area contributed by atoms with Crippen LogP contribution in [0.1, 0.15) is 35.3 Å². The van der Waals surface area contributed by atoms with Crippen molar-refractivity contribution in [3.63, 3.8) is 0 Å². The van der Waals surface area contributed by atoms with Crippen LogP contribution in [-0.4, -0.2) is 48.5 Å². The zero-order chi connectivity index (χ0) is 30.8. The van der Waals surface area contributed by atoms with E-state index in [1.807, 2.05) is 0 Å². The Kier molecular flexibility index (Phi) is 8.32. The maximum Gasteiger partial charge on any atom is 0.573 e. The number of benzene rings is 3. The van der Waals surface area contributed by atoms with Gasteiger partial charge in [0.05, 0.1) is 11.4 Å². The molecule has 1 aliphatic rings. The fraction of sp³-hybridized carbons (Fsp3) is 0.241. The molecule has 13 heteroatoms. The van der Waals surface area contributed by atoms with Crippen LogP contribution in [0.15, 0.2) is 71.7 Å². The van der Waals surface area contributed by atoms with Gasteiger partial charge in [-0.2, -0.15) is 0 Å². The van der Waals surface area contributed by atoms with E-state index >= 15 is 0 Å². The van der Waals surface area contributed by atoms with Crippen molar-refractivity contribution in [2.45, 2.75) is 38.3 Å². The number of nitrogens with zero attached hydrogens (tertiary/aromatic N) is 2. The minimum absolute atomic E-state index is 0.0407. The number of aliphatic imine (C=N–C) groups is 1. The van der Waals surface area contributed by atoms with Crippen LogP contribution in [0.3, 0.4) is 0 Å². The van der Waals surface area contributed by atoms with E-state index < -0.39 is 53.2 Å². The zero-order valence-electron chi connectivity index (χ0n) is 22.6. The van der Waals surface area contributed by atoms with Gasteiger partial charge in [0, 0.05) is 24.6 Å². The first-order valence-electron chi connectivity index (χ1n) is 12.5. The average molecular weight is 589 g/mol. The maximum atomic E-state index is 14.3. The van der Waals surface area contributed by atoms with Crippen molar-refractivity contribution in [3.8, 4) is 5.75 Å². The van der Waals surface area contributed by atoms with Crippen LogP contribution in [0.4, 0.5) is 27.6 Å². The molecule has 0 aliphatic carbocycles. The van der Waals surface area contributed by atoms with Gasteiger partial charge in [-0.05, 0) is 74.0 Å². The third-order valence-corrected chi connectivity index (χ3v) is 6.38. The number of nitrogens with one attached hydrogen (secondary N) is 2. The number of ether oxygens (including phenoxy) is 1. The molecule has 0 fully saturated rings. The molecule has 0 saturated heterocycles. The van der Waals surface area contributed by atoms with Gasteiger partial charge >= 0.3 is 6.36 Å². The van der Waals surface area contributed by atoms with Crippen molar-refractivity contribution in [3.05, 3.63) is 95.1 Å². The van der Waals surface area contributed by atoms with Crippen molar-refractivity contribution < 1.29 is 41.1 Å². The second-order valence-corrected chi connectivity index (χ2v) is 9.97. The maximum absolute atomic E-state index is 14.3. The number of rotatable bonds is 7. The smallest absolute Gasteiger partial charge is 0.406 e. The summed E-state index contributed by atoms with van der Waals surface area (Å²) >= 11 is 0. The highest BCUT2D eigenvalue weighted by atomic mass is 19.4. The van der Waals surface area contributed by atoms with Gasteiger partial charge < -0.3 is 20.3 Å². The monoisotopic (exact) mass is 588 g/mol. The van der Waals surface area contributed by atoms with E-state index in [-0.39, 0.29) is 28.9 Å². The molecule has 1 heterocycles. The Morgan fingerprint density at radius 3 is 2.19 bits per heavy atom. The first-order valence-corrected chi connectivity index (χ1v) is 12.5. The predicted molar refractivity (Wildman–Crippen MR) is 143 cm³/mol. The van der Waals surface area contributed by atoms with Crippen LogP contribution in [-0.2, 0) is 16.0 Å². The number of halogens is 5. The molecule has 0 bridgehead atoms. The fourth-order valence-corrected chi connectivity index (χ4v) is 4.17. The summed E-state index contributed by atoms with van der Waals surface area (Å²) in [6.07, 6.45) is -6.41. The van der Waals surface area contributed by atoms with Gasteiger partial charge in [-0.25, -0.2) is 8.78 Å². The van der Waals surface area contributed by atoms with E-state index in [1.54, 1.807) is 0 Å². The van der Waals surface area contributed by atoms with E-state index in [9.17, 15) is 36.3 Å². The molecule has 0 spiro atoms. The molecule has 3 aromatic carbocycles. The Morgan fingerprint density at radius 1 is 0.952 bits per heavy atom. The molecule has 42 heavy (non-hydrogen) atoms. The molecule has 3 aromatic rings. The molecule has 3 amide bonds. The number of hydrogen-bond donors (Lipinski definition) is 2. The lowest BCUT2D eigenvalue weighted by molar-refractivity contribution is -0.274. The molecule has 220 valence electrons. The molecule has 8 nitrogen and oxygen atoms in total. The van der Waals surface area contributed by atoms with Crippen LogP contribution in [0, 0.1) is 11.6 Å². The minimum Gasteiger partial charge on any atom is -0.406 e. The lowest BCUT2D eigenvalue weighted by atomic mass is 10.00. The number of hydrogen-bond acceptors (Lipinski definition) is 5. The molecule has 1 unspecified atom stereocenters. The summed E-state index contributed by atoms with van der Waals surface area (Å²) in [7, 11) is 1.42. The SMILES string of the molecule is CN1C(=O)C(NC(=O)C(C)(C)NC(=O)c2ccc(F)cc2)N=C(Cc2ccc(OC(F)(F)F)cc2)c2cc(F)ccc21. The number of amides is 3. The van der Waals surface area contributed by atoms with E-state index in [0.29, 0.717) is 5.56 Å². The van der Waals surface area contributed by atoms with Gasteiger partial charge in [0.2, 0.25) is 12.1 Å². The number of anilines is 1. The summed E-state index contributed by atoms with van der Waals surface area (Å²) in [5.74, 6) is -3.71. The normalized spacial score (nSPS) is 15.3. The quantitative estimate of drug-likeness (QED) is 0.397. The summed E-state index contributed by atoms with van der Waals surface area (Å²) in [5, 5.41) is 5.05. The number of benzodiazepines with no additional fused rings is 1. The van der Waals surface area contributed by atoms with Crippen LogP contribution in [0.25, 0.3) is 0 Å². The van der Waals surface area contributed by atoms with E-state index in [0.717, 1.165) is 36.4 Å². The number of fused-ring (bicyclic) bond motifs is 1. The van der Waals surface area contributed by atoms with Gasteiger partial charge in [0.25, 0.3) is 11.8 Å². The molecular weight excluding hydrogens is 563 g/mol. The number of carbonyl (C=O) groups excluding carboxylic acids is 3. The Hall–Kier alpha value is -4.81. The van der Waals surface area contributed by atoms with E-state index in [2.05, 4.69) is 20.4 Å². The zero-order valence-corrected chi connectivity index (χ0v) is 22.6. The van der Waals surface area contributed by atoms with E-state index in [1.165, 1.54) is 56.1 Å². The minimum atomic E-state index is -4.87. The molecule has 0 saturated carbocycles. The molecule has 2 N–H and O–H groups in total. The van der Waals surface area contributed by atoms with Gasteiger partial charge in [-0.15, -0.1) is 13.2 Å². The van der Waals surface area contributed by atoms with Crippen LogP contribution < -0.4 is 20.3 Å². The molecule has 1 atom stereocenters. The molecule has 4 rings (SSSR count). The summed E-state index contributed by atoms with van der Waals surface area (Å²) < 4.78 is 69.1. The standard InChI is InChI=1S/C29H25F5N4O4/c1-28(2,37-25(39)17-6-8-18(30)9-7-17)27(41)36-24-26(40)38(3)23-13-10-19(31)15-21(23)22(35-24)14-16-4-11-20(12-5-16)42-29(32,33)34/h4-13,15,24H,14H2,1-3H3,(H,36,41)(H,37,39). The van der Waals surface area contributed by atoms with Crippen LogP contribution >= 0.6 is 0 Å². The van der Waals surface area contributed by atoms with Crippen LogP contribution in [0.2, 0.25) is 0 Å². The molecule has 0 aromatic heterocycles. The average Bonchev–Trinajstić information content (AvgIpc) is 2.99. The third-order valence-electron chi connectivity index (χ3n) is 6.38. The van der Waals surface area contributed by atoms with Gasteiger partial charge in [-0.3, -0.25) is 19.4 Å². The molecule has 1 aliphatic heterocycles. The Balaban J connectivity index is 1.62. The fourth-order valence-electron chi connectivity index (χ4n) is 4.17. The van der Waals surface area contributed by atoms with Gasteiger partial charge in [0.15, 0.2) is 0 Å². The Bertz CT molecular complexity index is 1540. The number of alkyl halides is 3. The molecule has 0 radical (unpaired) electrons. The van der Waals surface area contributed by atoms with Crippen molar-refractivity contribution in [1.29, 1.82) is 0 Å². The summed E-state index contributed by atoms with van der Waals surface area (Å²) in [4.78, 5) is 44.9. The third kappa shape index (κ3) is 7.09. The Labute approximate surface area is 237 Å². The number of carbonyl (C=O) groups is 3. The second kappa shape index (κ2) is 11.6. The molecular formula is C29H25F5N4O4. The van der Waals surface area contributed by atoms with Crippen LogP contribution in [0.5, 0.6) is 5.75 Å². The summed E-state index contributed by atoms with van der Waals surface area (Å²) in [6.45, 7) is 2.79. The van der Waals surface area contributed by atoms with E-state index in [4.69, 9.17) is 0 Å². The second-order valence-electron chi connectivity index (χ2n) is 9.97. The van der Waals surface area contributed by atoms with Crippen molar-refractivity contribution in [2.24, 2.45) is 4.99 Å². The summed E-state index contributed by atoms with van der Waals surface area (Å²) in [5.41, 5.74) is -0.288. The first-order chi connectivity index (χ1) is 19.6. The van der Waals surface area contributed by atoms with Gasteiger partial charge in [0.1, 0.15) is 22.9 Å². The predicted octanol–water partition coefficient (Wildman–Crippen LogP) is 4.52. The largest absolute Gasteiger partial charge is 0.573 e. The summed E-state index contributed by atoms with van der Waals surface area (Å²) in [6, 6.07) is 13.3.